The number of rotatable bonds is 5. The lowest BCUT2D eigenvalue weighted by molar-refractivity contribution is -0.144. The third-order valence-corrected chi connectivity index (χ3v) is 5.26. The Labute approximate surface area is 154 Å². The van der Waals surface area contributed by atoms with Crippen LogP contribution in [-0.2, 0) is 30.2 Å². The van der Waals surface area contributed by atoms with Crippen molar-refractivity contribution in [1.82, 2.24) is 24.0 Å². The van der Waals surface area contributed by atoms with E-state index in [4.69, 9.17) is 5.11 Å². The molecule has 2 atom stereocenters. The van der Waals surface area contributed by atoms with Gasteiger partial charge in [0.05, 0.1) is 12.2 Å². The fourth-order valence-corrected chi connectivity index (χ4v) is 3.70. The van der Waals surface area contributed by atoms with Crippen LogP contribution < -0.4 is 16.6 Å². The standard InChI is InChI=1S/C17H23N5O5/c1-20-14-12(15(24)21(2)17(20)27)19-9-22(14)7-6-18-13(23)10-4-3-5-11(8-10)16(25)26/h9-11H,3-8H2,1-2H3,(H,18,23)(H,25,26)/t10-,11+/m1/s1. The van der Waals surface area contributed by atoms with Crippen LogP contribution in [0.15, 0.2) is 15.9 Å². The maximum Gasteiger partial charge on any atom is 0.332 e. The number of fused-ring (bicyclic) bond motifs is 1. The zero-order valence-corrected chi connectivity index (χ0v) is 15.3. The van der Waals surface area contributed by atoms with E-state index in [0.717, 1.165) is 11.0 Å². The Morgan fingerprint density at radius 3 is 2.63 bits per heavy atom. The molecule has 1 aliphatic rings. The van der Waals surface area contributed by atoms with E-state index < -0.39 is 23.1 Å². The highest BCUT2D eigenvalue weighted by Crippen LogP contribution is 2.29. The second-order valence-electron chi connectivity index (χ2n) is 7.01. The minimum absolute atomic E-state index is 0.157. The zero-order valence-electron chi connectivity index (χ0n) is 15.3. The Bertz CT molecular complexity index is 1000. The Balaban J connectivity index is 1.68. The number of carbonyl (C=O) groups excluding carboxylic acids is 1. The first-order chi connectivity index (χ1) is 12.8. The van der Waals surface area contributed by atoms with E-state index in [2.05, 4.69) is 10.3 Å². The summed E-state index contributed by atoms with van der Waals surface area (Å²) < 4.78 is 4.01. The molecule has 2 heterocycles. The fraction of sp³-hybridized carbons (Fsp3) is 0.588. The van der Waals surface area contributed by atoms with Crippen LogP contribution >= 0.6 is 0 Å². The van der Waals surface area contributed by atoms with Crippen LogP contribution in [0.5, 0.6) is 0 Å². The normalized spacial score (nSPS) is 19.9. The van der Waals surface area contributed by atoms with Crippen molar-refractivity contribution in [2.24, 2.45) is 25.9 Å². The van der Waals surface area contributed by atoms with Crippen molar-refractivity contribution in [1.29, 1.82) is 0 Å². The van der Waals surface area contributed by atoms with E-state index in [0.29, 0.717) is 38.0 Å². The van der Waals surface area contributed by atoms with Gasteiger partial charge in [-0.25, -0.2) is 9.78 Å². The predicted octanol–water partition coefficient (Wildman–Crippen LogP) is -0.559. The average Bonchev–Trinajstić information content (AvgIpc) is 3.08. The number of carboxylic acids is 1. The second kappa shape index (κ2) is 7.37. The van der Waals surface area contributed by atoms with Crippen molar-refractivity contribution >= 4 is 23.0 Å². The van der Waals surface area contributed by atoms with E-state index in [1.54, 1.807) is 11.6 Å². The summed E-state index contributed by atoms with van der Waals surface area (Å²) in [6.45, 7) is 0.639. The number of carbonyl (C=O) groups is 2. The Kier molecular flexibility index (Phi) is 5.15. The molecular weight excluding hydrogens is 354 g/mol. The highest BCUT2D eigenvalue weighted by atomic mass is 16.4. The minimum Gasteiger partial charge on any atom is -0.481 e. The first-order valence-electron chi connectivity index (χ1n) is 8.92. The number of imidazole rings is 1. The first-order valence-corrected chi connectivity index (χ1v) is 8.92. The summed E-state index contributed by atoms with van der Waals surface area (Å²) >= 11 is 0. The van der Waals surface area contributed by atoms with E-state index in [-0.39, 0.29) is 17.3 Å². The Hall–Kier alpha value is -2.91. The van der Waals surface area contributed by atoms with Gasteiger partial charge in [0.25, 0.3) is 5.56 Å². The Morgan fingerprint density at radius 1 is 1.22 bits per heavy atom. The third-order valence-electron chi connectivity index (χ3n) is 5.26. The minimum atomic E-state index is -0.847. The van der Waals surface area contributed by atoms with Gasteiger partial charge in [-0.3, -0.25) is 23.5 Å². The topological polar surface area (TPSA) is 128 Å². The SMILES string of the molecule is Cn1c(=O)c2ncn(CCNC(=O)[C@@H]3CCC[C@H](C(=O)O)C3)c2n(C)c1=O. The molecule has 2 aromatic heterocycles. The first kappa shape index (κ1) is 18.9. The molecule has 10 nitrogen and oxygen atoms in total. The number of hydrogen-bond donors (Lipinski definition) is 2. The predicted molar refractivity (Wildman–Crippen MR) is 96.3 cm³/mol. The van der Waals surface area contributed by atoms with Crippen LogP contribution in [0.4, 0.5) is 0 Å². The van der Waals surface area contributed by atoms with Gasteiger partial charge in [-0.15, -0.1) is 0 Å². The van der Waals surface area contributed by atoms with Crippen LogP contribution in [0.3, 0.4) is 0 Å². The molecule has 0 spiro atoms. The zero-order chi connectivity index (χ0) is 19.7. The summed E-state index contributed by atoms with van der Waals surface area (Å²) in [5.74, 6) is -1.76. The van der Waals surface area contributed by atoms with Crippen LogP contribution in [0.1, 0.15) is 25.7 Å². The van der Waals surface area contributed by atoms with Gasteiger partial charge in [0.2, 0.25) is 5.91 Å². The molecule has 1 amide bonds. The molecule has 0 aromatic carbocycles. The van der Waals surface area contributed by atoms with Crippen molar-refractivity contribution in [3.8, 4) is 0 Å². The van der Waals surface area contributed by atoms with E-state index >= 15 is 0 Å². The molecule has 146 valence electrons. The summed E-state index contributed by atoms with van der Waals surface area (Å²) in [5, 5.41) is 12.0. The van der Waals surface area contributed by atoms with Crippen LogP contribution in [0, 0.1) is 11.8 Å². The van der Waals surface area contributed by atoms with E-state index in [1.165, 1.54) is 17.9 Å². The molecule has 2 N–H and O–H groups in total. The van der Waals surface area contributed by atoms with E-state index in [9.17, 15) is 19.2 Å². The lowest BCUT2D eigenvalue weighted by Gasteiger charge is -2.25. The maximum atomic E-state index is 12.3. The molecule has 0 radical (unpaired) electrons. The van der Waals surface area contributed by atoms with Gasteiger partial charge in [0, 0.05) is 33.1 Å². The van der Waals surface area contributed by atoms with Crippen molar-refractivity contribution in [2.45, 2.75) is 32.2 Å². The number of hydrogen-bond acceptors (Lipinski definition) is 5. The number of nitrogens with zero attached hydrogens (tertiary/aromatic N) is 4. The smallest absolute Gasteiger partial charge is 0.332 e. The third kappa shape index (κ3) is 3.51. The van der Waals surface area contributed by atoms with Crippen LogP contribution in [-0.4, -0.2) is 42.2 Å². The summed E-state index contributed by atoms with van der Waals surface area (Å²) in [5.41, 5.74) is -0.304. The molecular formula is C17H23N5O5. The summed E-state index contributed by atoms with van der Waals surface area (Å²) in [7, 11) is 2.97. The number of aryl methyl sites for hydroxylation is 1. The Morgan fingerprint density at radius 2 is 1.93 bits per heavy atom. The van der Waals surface area contributed by atoms with Gasteiger partial charge in [-0.1, -0.05) is 6.42 Å². The molecule has 1 aliphatic carbocycles. The van der Waals surface area contributed by atoms with Crippen molar-refractivity contribution < 1.29 is 14.7 Å². The molecule has 3 rings (SSSR count). The molecule has 10 heteroatoms. The number of amides is 1. The highest BCUT2D eigenvalue weighted by molar-refractivity contribution is 5.80. The molecule has 0 aliphatic heterocycles. The molecule has 0 saturated heterocycles. The molecule has 0 bridgehead atoms. The highest BCUT2D eigenvalue weighted by Gasteiger charge is 2.30. The monoisotopic (exact) mass is 377 g/mol. The van der Waals surface area contributed by atoms with Gasteiger partial charge in [0.15, 0.2) is 5.52 Å². The number of aliphatic carboxylic acids is 1. The van der Waals surface area contributed by atoms with Crippen LogP contribution in [0.25, 0.3) is 11.2 Å². The summed E-state index contributed by atoms with van der Waals surface area (Å²) in [4.78, 5) is 51.8. The average molecular weight is 377 g/mol. The largest absolute Gasteiger partial charge is 0.481 e. The number of carboxylic acid groups (broad SMARTS) is 1. The number of aromatic nitrogens is 4. The lowest BCUT2D eigenvalue weighted by Crippen LogP contribution is -2.38. The van der Waals surface area contributed by atoms with Crippen molar-refractivity contribution in [2.75, 3.05) is 6.54 Å². The van der Waals surface area contributed by atoms with E-state index in [1.807, 2.05) is 0 Å². The van der Waals surface area contributed by atoms with Crippen LogP contribution in [0.2, 0.25) is 0 Å². The van der Waals surface area contributed by atoms with Crippen molar-refractivity contribution in [3.05, 3.63) is 27.2 Å². The molecule has 1 fully saturated rings. The molecule has 0 unspecified atom stereocenters. The van der Waals surface area contributed by atoms with Gasteiger partial charge < -0.3 is 15.0 Å². The molecule has 1 saturated carbocycles. The van der Waals surface area contributed by atoms with Crippen molar-refractivity contribution in [3.63, 3.8) is 0 Å². The summed E-state index contributed by atoms with van der Waals surface area (Å²) in [6, 6.07) is 0. The van der Waals surface area contributed by atoms with Gasteiger partial charge in [-0.2, -0.15) is 0 Å². The fourth-order valence-electron chi connectivity index (χ4n) is 3.70. The maximum absolute atomic E-state index is 12.3. The van der Waals surface area contributed by atoms with Gasteiger partial charge >= 0.3 is 11.7 Å². The lowest BCUT2D eigenvalue weighted by atomic mass is 9.81. The number of nitrogens with one attached hydrogen (secondary N) is 1. The van der Waals surface area contributed by atoms with Gasteiger partial charge in [0.1, 0.15) is 5.65 Å². The molecule has 27 heavy (non-hydrogen) atoms. The second-order valence-corrected chi connectivity index (χ2v) is 7.01. The van der Waals surface area contributed by atoms with Gasteiger partial charge in [-0.05, 0) is 19.3 Å². The quantitative estimate of drug-likeness (QED) is 0.719. The molecule has 2 aromatic rings. The summed E-state index contributed by atoms with van der Waals surface area (Å²) in [6.07, 6.45) is 3.86.